The number of hydrogen-bond donors (Lipinski definition) is 1. The Kier molecular flexibility index (Phi) is 3.46. The lowest BCUT2D eigenvalue weighted by molar-refractivity contribution is 0.628. The zero-order valence-corrected chi connectivity index (χ0v) is 13.3. The molecular formula is C16H12FN5OS. The zero-order chi connectivity index (χ0) is 16.7. The monoisotopic (exact) mass is 341 g/mol. The molecule has 0 aliphatic carbocycles. The van der Waals surface area contributed by atoms with Crippen LogP contribution in [0, 0.1) is 10.6 Å². The average molecular weight is 341 g/mol. The quantitative estimate of drug-likeness (QED) is 0.581. The first kappa shape index (κ1) is 14.7. The maximum Gasteiger partial charge on any atom is 0.262 e. The van der Waals surface area contributed by atoms with E-state index in [2.05, 4.69) is 15.2 Å². The number of hydrogen-bond acceptors (Lipinski definition) is 4. The minimum absolute atomic E-state index is 0.270. The van der Waals surface area contributed by atoms with Crippen molar-refractivity contribution >= 4 is 28.9 Å². The molecule has 0 fully saturated rings. The predicted molar refractivity (Wildman–Crippen MR) is 90.0 cm³/mol. The Morgan fingerprint density at radius 1 is 1.29 bits per heavy atom. The van der Waals surface area contributed by atoms with Gasteiger partial charge >= 0.3 is 0 Å². The van der Waals surface area contributed by atoms with Gasteiger partial charge in [-0.3, -0.25) is 18.7 Å². The van der Waals surface area contributed by atoms with Gasteiger partial charge in [-0.2, -0.15) is 0 Å². The molecule has 0 aliphatic heterocycles. The number of halogens is 1. The van der Waals surface area contributed by atoms with Gasteiger partial charge < -0.3 is 0 Å². The number of nitrogens with one attached hydrogen (secondary N) is 1. The summed E-state index contributed by atoms with van der Waals surface area (Å²) in [6.07, 6.45) is 4.04. The Balaban J connectivity index is 1.94. The molecular weight excluding hydrogens is 329 g/mol. The molecule has 0 unspecified atom stereocenters. The van der Waals surface area contributed by atoms with Crippen LogP contribution in [0.1, 0.15) is 5.56 Å². The summed E-state index contributed by atoms with van der Waals surface area (Å²) >= 11 is 5.25. The number of H-pyrrole nitrogens is 1. The van der Waals surface area contributed by atoms with Gasteiger partial charge in [0.25, 0.3) is 5.56 Å². The highest BCUT2D eigenvalue weighted by atomic mass is 32.1. The molecule has 4 rings (SSSR count). The largest absolute Gasteiger partial charge is 0.276 e. The number of aromatic nitrogens is 5. The van der Waals surface area contributed by atoms with Crippen molar-refractivity contribution < 1.29 is 4.39 Å². The number of aromatic amines is 1. The van der Waals surface area contributed by atoms with E-state index >= 15 is 0 Å². The van der Waals surface area contributed by atoms with Gasteiger partial charge in [0.1, 0.15) is 5.82 Å². The second-order valence-corrected chi connectivity index (χ2v) is 5.78. The van der Waals surface area contributed by atoms with Gasteiger partial charge in [-0.25, -0.2) is 9.49 Å². The molecule has 6 nitrogen and oxygen atoms in total. The number of rotatable bonds is 3. The number of aryl methyl sites for hydroxylation is 2. The second kappa shape index (κ2) is 5.64. The van der Waals surface area contributed by atoms with Crippen LogP contribution in [-0.2, 0) is 13.0 Å². The highest BCUT2D eigenvalue weighted by Gasteiger charge is 2.14. The standard InChI is InChI=1S/C16H12FN5OS/c17-11-3-4-13-12(8-11)14(23)21(15-19-20-16(24)22(13)15)7-5-10-2-1-6-18-9-10/h1-4,6,8-9H,5,7H2,(H,20,24). The first-order valence-electron chi connectivity index (χ1n) is 7.33. The molecule has 3 aromatic heterocycles. The van der Waals surface area contributed by atoms with Crippen molar-refractivity contribution in [2.24, 2.45) is 0 Å². The first-order chi connectivity index (χ1) is 11.6. The molecule has 1 aromatic carbocycles. The van der Waals surface area contributed by atoms with Gasteiger partial charge in [-0.15, -0.1) is 5.10 Å². The lowest BCUT2D eigenvalue weighted by atomic mass is 10.2. The zero-order valence-electron chi connectivity index (χ0n) is 12.4. The lowest BCUT2D eigenvalue weighted by Gasteiger charge is -2.10. The fourth-order valence-corrected chi connectivity index (χ4v) is 3.01. The molecule has 0 radical (unpaired) electrons. The van der Waals surface area contributed by atoms with E-state index < -0.39 is 5.82 Å². The van der Waals surface area contributed by atoms with E-state index in [1.54, 1.807) is 16.8 Å². The normalized spacial score (nSPS) is 11.4. The Hall–Kier alpha value is -2.87. The summed E-state index contributed by atoms with van der Waals surface area (Å²) in [4.78, 5) is 16.9. The molecule has 0 atom stereocenters. The summed E-state index contributed by atoms with van der Waals surface area (Å²) in [5, 5.41) is 7.13. The van der Waals surface area contributed by atoms with Crippen molar-refractivity contribution in [2.75, 3.05) is 0 Å². The van der Waals surface area contributed by atoms with Crippen LogP contribution in [-0.4, -0.2) is 24.1 Å². The molecule has 0 aliphatic rings. The van der Waals surface area contributed by atoms with Crippen molar-refractivity contribution in [3.63, 3.8) is 0 Å². The third-order valence-corrected chi connectivity index (χ3v) is 4.19. The lowest BCUT2D eigenvalue weighted by Crippen LogP contribution is -2.24. The smallest absolute Gasteiger partial charge is 0.262 e. The Bertz CT molecular complexity index is 1160. The number of fused-ring (bicyclic) bond motifs is 3. The van der Waals surface area contributed by atoms with E-state index in [-0.39, 0.29) is 10.9 Å². The van der Waals surface area contributed by atoms with Crippen LogP contribution in [0.25, 0.3) is 16.7 Å². The van der Waals surface area contributed by atoms with Crippen molar-refractivity contribution in [1.29, 1.82) is 0 Å². The number of pyridine rings is 1. The predicted octanol–water partition coefficient (Wildman–Crippen LogP) is 2.48. The molecule has 0 bridgehead atoms. The molecule has 4 aromatic rings. The van der Waals surface area contributed by atoms with Crippen molar-refractivity contribution in [1.82, 2.24) is 24.1 Å². The summed E-state index contributed by atoms with van der Waals surface area (Å²) in [7, 11) is 0. The molecule has 0 amide bonds. The Morgan fingerprint density at radius 3 is 2.96 bits per heavy atom. The van der Waals surface area contributed by atoms with Crippen molar-refractivity contribution in [3.05, 3.63) is 69.2 Å². The summed E-state index contributed by atoms with van der Waals surface area (Å²) in [5.74, 6) is -0.0548. The Labute approximate surface area is 140 Å². The maximum atomic E-state index is 13.6. The fraction of sp³-hybridized carbons (Fsp3) is 0.125. The highest BCUT2D eigenvalue weighted by molar-refractivity contribution is 7.71. The van der Waals surface area contributed by atoms with Gasteiger partial charge in [0, 0.05) is 18.9 Å². The summed E-state index contributed by atoms with van der Waals surface area (Å²) in [6.45, 7) is 0.389. The molecule has 0 spiro atoms. The number of benzene rings is 1. The van der Waals surface area contributed by atoms with E-state index in [0.29, 0.717) is 29.0 Å². The molecule has 120 valence electrons. The maximum absolute atomic E-state index is 13.6. The van der Waals surface area contributed by atoms with E-state index in [1.165, 1.54) is 22.8 Å². The van der Waals surface area contributed by atoms with Crippen LogP contribution >= 0.6 is 12.2 Å². The third-order valence-electron chi connectivity index (χ3n) is 3.92. The summed E-state index contributed by atoms with van der Waals surface area (Å²) in [6, 6.07) is 7.85. The van der Waals surface area contributed by atoms with Crippen LogP contribution in [0.4, 0.5) is 4.39 Å². The van der Waals surface area contributed by atoms with E-state index in [0.717, 1.165) is 5.56 Å². The first-order valence-corrected chi connectivity index (χ1v) is 7.74. The van der Waals surface area contributed by atoms with Gasteiger partial charge in [0.15, 0.2) is 0 Å². The average Bonchev–Trinajstić information content (AvgIpc) is 2.97. The second-order valence-electron chi connectivity index (χ2n) is 5.39. The van der Waals surface area contributed by atoms with Crippen molar-refractivity contribution in [3.8, 4) is 0 Å². The topological polar surface area (TPSA) is 68.0 Å². The Morgan fingerprint density at radius 2 is 2.17 bits per heavy atom. The molecule has 0 saturated carbocycles. The molecule has 1 N–H and O–H groups in total. The molecule has 0 saturated heterocycles. The van der Waals surface area contributed by atoms with E-state index in [4.69, 9.17) is 12.2 Å². The minimum atomic E-state index is -0.465. The van der Waals surface area contributed by atoms with Gasteiger partial charge in [-0.1, -0.05) is 6.07 Å². The van der Waals surface area contributed by atoms with Crippen molar-refractivity contribution in [2.45, 2.75) is 13.0 Å². The van der Waals surface area contributed by atoms with Gasteiger partial charge in [-0.05, 0) is 48.5 Å². The summed E-state index contributed by atoms with van der Waals surface area (Å²) < 4.78 is 17.1. The number of nitrogens with zero attached hydrogens (tertiary/aromatic N) is 4. The van der Waals surface area contributed by atoms with Crippen LogP contribution in [0.3, 0.4) is 0 Å². The van der Waals surface area contributed by atoms with Crippen LogP contribution < -0.4 is 5.56 Å². The van der Waals surface area contributed by atoms with Gasteiger partial charge in [0.2, 0.25) is 10.5 Å². The van der Waals surface area contributed by atoms with Gasteiger partial charge in [0.05, 0.1) is 10.9 Å². The van der Waals surface area contributed by atoms with E-state index in [9.17, 15) is 9.18 Å². The van der Waals surface area contributed by atoms with Crippen LogP contribution in [0.15, 0.2) is 47.5 Å². The SMILES string of the molecule is O=c1c2cc(F)ccc2n2c(=S)[nH]nc2n1CCc1cccnc1. The summed E-state index contributed by atoms with van der Waals surface area (Å²) in [5.41, 5.74) is 1.23. The van der Waals surface area contributed by atoms with Crippen LogP contribution in [0.2, 0.25) is 0 Å². The minimum Gasteiger partial charge on any atom is -0.276 e. The fourth-order valence-electron chi connectivity index (χ4n) is 2.79. The molecule has 3 heterocycles. The molecule has 24 heavy (non-hydrogen) atoms. The third kappa shape index (κ3) is 2.31. The highest BCUT2D eigenvalue weighted by Crippen LogP contribution is 2.15. The van der Waals surface area contributed by atoms with E-state index in [1.807, 2.05) is 12.1 Å². The molecule has 8 heteroatoms. The van der Waals surface area contributed by atoms with Crippen LogP contribution in [0.5, 0.6) is 0 Å².